The number of benzene rings is 1. The Kier molecular flexibility index (Phi) is 2.59. The van der Waals surface area contributed by atoms with Crippen LogP contribution in [0, 0.1) is 13.8 Å². The van der Waals surface area contributed by atoms with E-state index in [1.165, 1.54) is 0 Å². The van der Waals surface area contributed by atoms with E-state index in [0.717, 1.165) is 34.1 Å². The number of H-pyrrole nitrogens is 1. The third-order valence-corrected chi connectivity index (χ3v) is 3.00. The van der Waals surface area contributed by atoms with Crippen molar-refractivity contribution < 1.29 is 0 Å². The third-order valence-electron chi connectivity index (χ3n) is 3.00. The summed E-state index contributed by atoms with van der Waals surface area (Å²) in [6, 6.07) is 9.69. The van der Waals surface area contributed by atoms with Gasteiger partial charge in [-0.25, -0.2) is 9.97 Å². The predicted molar refractivity (Wildman–Crippen MR) is 77.5 cm³/mol. The van der Waals surface area contributed by atoms with Gasteiger partial charge in [-0.1, -0.05) is 0 Å². The van der Waals surface area contributed by atoms with Crippen molar-refractivity contribution in [3.8, 4) is 0 Å². The molecule has 3 aromatic rings. The lowest BCUT2D eigenvalue weighted by Crippen LogP contribution is -1.98. The molecular formula is C14H15N5. The van der Waals surface area contributed by atoms with E-state index in [2.05, 4.69) is 20.3 Å². The maximum atomic E-state index is 5.76. The Hall–Kier alpha value is -2.56. The summed E-state index contributed by atoms with van der Waals surface area (Å²) in [5.74, 6) is 1.69. The first-order valence-corrected chi connectivity index (χ1v) is 6.08. The maximum absolute atomic E-state index is 5.76. The standard InChI is InChI=1S/C14H15N5/c1-8-11(15)4-6-14(16-8)19-10-3-5-12-13(7-10)18-9(2)17-12/h3-7H,15H2,1-2H3,(H,16,19)(H,17,18). The molecule has 0 bridgehead atoms. The molecule has 0 aliphatic rings. The molecule has 4 N–H and O–H groups in total. The van der Waals surface area contributed by atoms with Gasteiger partial charge >= 0.3 is 0 Å². The van der Waals surface area contributed by atoms with Gasteiger partial charge in [0.05, 0.1) is 22.4 Å². The molecule has 0 spiro atoms. The summed E-state index contributed by atoms with van der Waals surface area (Å²) in [5, 5.41) is 3.26. The summed E-state index contributed by atoms with van der Waals surface area (Å²) >= 11 is 0. The fraction of sp³-hybridized carbons (Fsp3) is 0.143. The first-order chi connectivity index (χ1) is 9.11. The number of nitrogen functional groups attached to an aromatic ring is 1. The number of nitrogens with two attached hydrogens (primary N) is 1. The highest BCUT2D eigenvalue weighted by Gasteiger charge is 2.03. The first-order valence-electron chi connectivity index (χ1n) is 6.08. The Morgan fingerprint density at radius 1 is 1.11 bits per heavy atom. The second kappa shape index (κ2) is 4.28. The molecule has 1 aromatic carbocycles. The van der Waals surface area contributed by atoms with Crippen LogP contribution in [0.5, 0.6) is 0 Å². The lowest BCUT2D eigenvalue weighted by atomic mass is 10.2. The quantitative estimate of drug-likeness (QED) is 0.656. The number of aryl methyl sites for hydroxylation is 2. The van der Waals surface area contributed by atoms with Crippen LogP contribution in [0.2, 0.25) is 0 Å². The Morgan fingerprint density at radius 3 is 2.74 bits per heavy atom. The van der Waals surface area contributed by atoms with Crippen molar-refractivity contribution in [3.63, 3.8) is 0 Å². The van der Waals surface area contributed by atoms with E-state index in [-0.39, 0.29) is 0 Å². The first kappa shape index (κ1) is 11.5. The van der Waals surface area contributed by atoms with E-state index in [0.29, 0.717) is 5.69 Å². The zero-order chi connectivity index (χ0) is 13.4. The van der Waals surface area contributed by atoms with Crippen LogP contribution in [0.4, 0.5) is 17.2 Å². The molecular weight excluding hydrogens is 238 g/mol. The summed E-state index contributed by atoms with van der Waals surface area (Å²) in [4.78, 5) is 12.0. The fourth-order valence-electron chi connectivity index (χ4n) is 2.00. The van der Waals surface area contributed by atoms with E-state index >= 15 is 0 Å². The van der Waals surface area contributed by atoms with Crippen LogP contribution in [0.1, 0.15) is 11.5 Å². The second-order valence-electron chi connectivity index (χ2n) is 4.55. The van der Waals surface area contributed by atoms with Crippen molar-refractivity contribution in [2.24, 2.45) is 0 Å². The van der Waals surface area contributed by atoms with Gasteiger partial charge < -0.3 is 16.0 Å². The number of imidazole rings is 1. The minimum absolute atomic E-state index is 0.699. The van der Waals surface area contributed by atoms with Crippen LogP contribution in [0.25, 0.3) is 11.0 Å². The average Bonchev–Trinajstić information content (AvgIpc) is 2.73. The summed E-state index contributed by atoms with van der Waals surface area (Å²) in [7, 11) is 0. The van der Waals surface area contributed by atoms with Crippen molar-refractivity contribution in [3.05, 3.63) is 41.9 Å². The van der Waals surface area contributed by atoms with Gasteiger partial charge in [0.2, 0.25) is 0 Å². The monoisotopic (exact) mass is 253 g/mol. The Morgan fingerprint density at radius 2 is 1.95 bits per heavy atom. The third kappa shape index (κ3) is 2.22. The number of rotatable bonds is 2. The second-order valence-corrected chi connectivity index (χ2v) is 4.55. The molecule has 0 saturated carbocycles. The van der Waals surface area contributed by atoms with E-state index in [4.69, 9.17) is 5.73 Å². The average molecular weight is 253 g/mol. The summed E-state index contributed by atoms with van der Waals surface area (Å²) in [6.07, 6.45) is 0. The SMILES string of the molecule is Cc1nc2ccc(Nc3ccc(N)c(C)n3)cc2[nH]1. The van der Waals surface area contributed by atoms with Crippen molar-refractivity contribution >= 4 is 28.2 Å². The fourth-order valence-corrected chi connectivity index (χ4v) is 2.00. The van der Waals surface area contributed by atoms with Crippen LogP contribution in [0.3, 0.4) is 0 Å². The predicted octanol–water partition coefficient (Wildman–Crippen LogP) is 2.90. The van der Waals surface area contributed by atoms with Gasteiger partial charge in [0.1, 0.15) is 11.6 Å². The molecule has 3 rings (SSSR count). The normalized spacial score (nSPS) is 10.8. The molecule has 5 heteroatoms. The minimum atomic E-state index is 0.699. The minimum Gasteiger partial charge on any atom is -0.397 e. The summed E-state index contributed by atoms with van der Waals surface area (Å²) in [6.45, 7) is 3.83. The molecule has 0 unspecified atom stereocenters. The number of nitrogens with one attached hydrogen (secondary N) is 2. The number of nitrogens with zero attached hydrogens (tertiary/aromatic N) is 2. The lowest BCUT2D eigenvalue weighted by molar-refractivity contribution is 1.17. The van der Waals surface area contributed by atoms with Crippen LogP contribution in [-0.2, 0) is 0 Å². The molecule has 96 valence electrons. The van der Waals surface area contributed by atoms with Crippen molar-refractivity contribution in [1.82, 2.24) is 15.0 Å². The molecule has 0 atom stereocenters. The van der Waals surface area contributed by atoms with Crippen LogP contribution in [-0.4, -0.2) is 15.0 Å². The molecule has 0 saturated heterocycles. The van der Waals surface area contributed by atoms with Gasteiger partial charge in [0.25, 0.3) is 0 Å². The van der Waals surface area contributed by atoms with Crippen LogP contribution in [0.15, 0.2) is 30.3 Å². The van der Waals surface area contributed by atoms with Gasteiger partial charge in [0, 0.05) is 5.69 Å². The van der Waals surface area contributed by atoms with Gasteiger partial charge in [-0.2, -0.15) is 0 Å². The Labute approximate surface area is 110 Å². The van der Waals surface area contributed by atoms with Crippen molar-refractivity contribution in [1.29, 1.82) is 0 Å². The number of aromatic nitrogens is 3. The smallest absolute Gasteiger partial charge is 0.130 e. The van der Waals surface area contributed by atoms with Gasteiger partial charge in [-0.3, -0.25) is 0 Å². The molecule has 0 aliphatic heterocycles. The molecule has 2 aromatic heterocycles. The topological polar surface area (TPSA) is 79.6 Å². The molecule has 19 heavy (non-hydrogen) atoms. The number of aromatic amines is 1. The molecule has 0 amide bonds. The molecule has 5 nitrogen and oxygen atoms in total. The Balaban J connectivity index is 1.93. The highest BCUT2D eigenvalue weighted by molar-refractivity contribution is 5.80. The molecule has 0 fully saturated rings. The molecule has 2 heterocycles. The van der Waals surface area contributed by atoms with E-state index < -0.39 is 0 Å². The number of pyridine rings is 1. The molecule has 0 radical (unpaired) electrons. The van der Waals surface area contributed by atoms with E-state index in [1.54, 1.807) is 0 Å². The summed E-state index contributed by atoms with van der Waals surface area (Å²) in [5.41, 5.74) is 10.2. The van der Waals surface area contributed by atoms with E-state index in [9.17, 15) is 0 Å². The number of fused-ring (bicyclic) bond motifs is 1. The number of anilines is 3. The summed E-state index contributed by atoms with van der Waals surface area (Å²) < 4.78 is 0. The highest BCUT2D eigenvalue weighted by atomic mass is 15.0. The van der Waals surface area contributed by atoms with Gasteiger partial charge in [-0.15, -0.1) is 0 Å². The van der Waals surface area contributed by atoms with Gasteiger partial charge in [0.15, 0.2) is 0 Å². The van der Waals surface area contributed by atoms with Crippen molar-refractivity contribution in [2.75, 3.05) is 11.1 Å². The zero-order valence-electron chi connectivity index (χ0n) is 10.9. The zero-order valence-corrected chi connectivity index (χ0v) is 10.9. The largest absolute Gasteiger partial charge is 0.397 e. The molecule has 0 aliphatic carbocycles. The lowest BCUT2D eigenvalue weighted by Gasteiger charge is -2.07. The maximum Gasteiger partial charge on any atom is 0.130 e. The Bertz CT molecular complexity index is 745. The van der Waals surface area contributed by atoms with Crippen molar-refractivity contribution in [2.45, 2.75) is 13.8 Å². The number of hydrogen-bond acceptors (Lipinski definition) is 4. The van der Waals surface area contributed by atoms with Crippen LogP contribution < -0.4 is 11.1 Å². The number of hydrogen-bond donors (Lipinski definition) is 3. The van der Waals surface area contributed by atoms with Gasteiger partial charge in [-0.05, 0) is 44.2 Å². The highest BCUT2D eigenvalue weighted by Crippen LogP contribution is 2.21. The van der Waals surface area contributed by atoms with Crippen LogP contribution >= 0.6 is 0 Å². The van der Waals surface area contributed by atoms with E-state index in [1.807, 2.05) is 44.2 Å².